The maximum atomic E-state index is 3.66. The fraction of sp³-hybridized carbons (Fsp3) is 1.00. The second-order valence-corrected chi connectivity index (χ2v) is 6.88. The van der Waals surface area contributed by atoms with Crippen LogP contribution in [0.2, 0.25) is 0 Å². The molecule has 1 rings (SSSR count). The quantitative estimate of drug-likeness (QED) is 0.796. The van der Waals surface area contributed by atoms with Gasteiger partial charge in [0.05, 0.1) is 0 Å². The minimum absolute atomic E-state index is 0.361. The highest BCUT2D eigenvalue weighted by molar-refractivity contribution is 4.92. The Morgan fingerprint density at radius 3 is 2.31 bits per heavy atom. The molecule has 1 aliphatic rings. The highest BCUT2D eigenvalue weighted by Gasteiger charge is 2.34. The van der Waals surface area contributed by atoms with Crippen molar-refractivity contribution < 1.29 is 0 Å². The first-order chi connectivity index (χ1) is 7.27. The lowest BCUT2D eigenvalue weighted by Crippen LogP contribution is -2.60. The summed E-state index contributed by atoms with van der Waals surface area (Å²) in [5.74, 6) is 0. The molecule has 1 saturated heterocycles. The zero-order chi connectivity index (χ0) is 12.4. The Balaban J connectivity index is 2.63. The molecule has 1 unspecified atom stereocenters. The summed E-state index contributed by atoms with van der Waals surface area (Å²) in [5.41, 5.74) is 0.724. The number of nitrogens with zero attached hydrogens (tertiary/aromatic N) is 1. The third-order valence-corrected chi connectivity index (χ3v) is 3.94. The van der Waals surface area contributed by atoms with Gasteiger partial charge >= 0.3 is 0 Å². The van der Waals surface area contributed by atoms with Crippen LogP contribution in [0.4, 0.5) is 0 Å². The van der Waals surface area contributed by atoms with Gasteiger partial charge in [0.2, 0.25) is 0 Å². The number of piperazine rings is 1. The van der Waals surface area contributed by atoms with E-state index < -0.39 is 0 Å². The third kappa shape index (κ3) is 3.46. The molecule has 0 aromatic heterocycles. The van der Waals surface area contributed by atoms with Gasteiger partial charge in [0.1, 0.15) is 0 Å². The highest BCUT2D eigenvalue weighted by atomic mass is 15.2. The lowest BCUT2D eigenvalue weighted by atomic mass is 9.84. The predicted molar refractivity (Wildman–Crippen MR) is 71.8 cm³/mol. The van der Waals surface area contributed by atoms with Crippen molar-refractivity contribution in [1.29, 1.82) is 0 Å². The molecule has 96 valence electrons. The summed E-state index contributed by atoms with van der Waals surface area (Å²) in [6, 6.07) is 0.623. The molecule has 2 nitrogen and oxygen atoms in total. The molecular weight excluding hydrogens is 196 g/mol. The fourth-order valence-corrected chi connectivity index (χ4v) is 2.65. The van der Waals surface area contributed by atoms with Crippen molar-refractivity contribution in [3.05, 3.63) is 0 Å². The van der Waals surface area contributed by atoms with Gasteiger partial charge in [0.25, 0.3) is 0 Å². The van der Waals surface area contributed by atoms with E-state index in [0.717, 1.165) is 6.54 Å². The summed E-state index contributed by atoms with van der Waals surface area (Å²) in [7, 11) is 0. The van der Waals surface area contributed by atoms with Crippen molar-refractivity contribution in [2.24, 2.45) is 5.41 Å². The summed E-state index contributed by atoms with van der Waals surface area (Å²) in [4.78, 5) is 2.67. The third-order valence-electron chi connectivity index (χ3n) is 3.94. The topological polar surface area (TPSA) is 15.3 Å². The molecule has 1 aliphatic heterocycles. The first-order valence-electron chi connectivity index (χ1n) is 6.76. The molecule has 0 saturated carbocycles. The summed E-state index contributed by atoms with van der Waals surface area (Å²) >= 11 is 0. The maximum absolute atomic E-state index is 3.66. The number of rotatable bonds is 3. The Labute approximate surface area is 102 Å². The Bertz CT molecular complexity index is 215. The van der Waals surface area contributed by atoms with Gasteiger partial charge in [-0.3, -0.25) is 4.90 Å². The van der Waals surface area contributed by atoms with Crippen LogP contribution in [0.3, 0.4) is 0 Å². The van der Waals surface area contributed by atoms with Crippen LogP contribution < -0.4 is 5.32 Å². The average molecular weight is 226 g/mol. The normalized spacial score (nSPS) is 24.8. The molecule has 0 bridgehead atoms. The van der Waals surface area contributed by atoms with Crippen LogP contribution in [0.5, 0.6) is 0 Å². The van der Waals surface area contributed by atoms with Crippen molar-refractivity contribution in [3.8, 4) is 0 Å². The van der Waals surface area contributed by atoms with Crippen LogP contribution in [0, 0.1) is 5.41 Å². The first kappa shape index (κ1) is 14.0. The van der Waals surface area contributed by atoms with Gasteiger partial charge in [0, 0.05) is 31.2 Å². The van der Waals surface area contributed by atoms with E-state index in [0.29, 0.717) is 17.0 Å². The van der Waals surface area contributed by atoms with Gasteiger partial charge in [-0.2, -0.15) is 0 Å². The molecule has 0 radical (unpaired) electrons. The zero-order valence-electron chi connectivity index (χ0n) is 12.1. The number of hydrogen-bond acceptors (Lipinski definition) is 2. The van der Waals surface area contributed by atoms with Gasteiger partial charge in [-0.05, 0) is 25.7 Å². The summed E-state index contributed by atoms with van der Waals surface area (Å²) < 4.78 is 0. The molecule has 1 heterocycles. The van der Waals surface area contributed by atoms with E-state index in [1.54, 1.807) is 0 Å². The molecule has 1 N–H and O–H groups in total. The minimum Gasteiger partial charge on any atom is -0.311 e. The van der Waals surface area contributed by atoms with Crippen LogP contribution in [-0.4, -0.2) is 36.1 Å². The largest absolute Gasteiger partial charge is 0.311 e. The number of hydrogen-bond donors (Lipinski definition) is 1. The zero-order valence-corrected chi connectivity index (χ0v) is 12.1. The molecule has 0 aromatic rings. The fourth-order valence-electron chi connectivity index (χ4n) is 2.65. The molecule has 16 heavy (non-hydrogen) atoms. The molecule has 1 fully saturated rings. The van der Waals surface area contributed by atoms with Gasteiger partial charge < -0.3 is 5.32 Å². The van der Waals surface area contributed by atoms with Crippen molar-refractivity contribution in [2.75, 3.05) is 19.6 Å². The van der Waals surface area contributed by atoms with E-state index in [4.69, 9.17) is 0 Å². The average Bonchev–Trinajstić information content (AvgIpc) is 2.16. The number of nitrogens with one attached hydrogen (secondary N) is 1. The van der Waals surface area contributed by atoms with Crippen LogP contribution in [-0.2, 0) is 0 Å². The second kappa shape index (κ2) is 5.05. The molecule has 1 atom stereocenters. The summed E-state index contributed by atoms with van der Waals surface area (Å²) in [5, 5.41) is 3.66. The summed E-state index contributed by atoms with van der Waals surface area (Å²) in [6.07, 6.45) is 2.57. The molecular formula is C14H30N2. The van der Waals surface area contributed by atoms with Gasteiger partial charge in [0.15, 0.2) is 0 Å². The first-order valence-corrected chi connectivity index (χ1v) is 6.76. The molecule has 0 aliphatic carbocycles. The predicted octanol–water partition coefficient (Wildman–Crippen LogP) is 2.89. The molecule has 0 aromatic carbocycles. The van der Waals surface area contributed by atoms with Crippen LogP contribution in [0.1, 0.15) is 54.4 Å². The van der Waals surface area contributed by atoms with E-state index in [1.807, 2.05) is 0 Å². The van der Waals surface area contributed by atoms with Crippen molar-refractivity contribution in [1.82, 2.24) is 10.2 Å². The van der Waals surface area contributed by atoms with E-state index in [1.165, 1.54) is 25.9 Å². The Morgan fingerprint density at radius 2 is 1.81 bits per heavy atom. The van der Waals surface area contributed by atoms with Gasteiger partial charge in [-0.25, -0.2) is 0 Å². The smallest absolute Gasteiger partial charge is 0.0244 e. The highest BCUT2D eigenvalue weighted by Crippen LogP contribution is 2.27. The van der Waals surface area contributed by atoms with E-state index in [2.05, 4.69) is 51.8 Å². The van der Waals surface area contributed by atoms with E-state index in [9.17, 15) is 0 Å². The van der Waals surface area contributed by atoms with Crippen molar-refractivity contribution in [3.63, 3.8) is 0 Å². The molecule has 0 amide bonds. The van der Waals surface area contributed by atoms with E-state index >= 15 is 0 Å². The van der Waals surface area contributed by atoms with Crippen LogP contribution in [0.15, 0.2) is 0 Å². The maximum Gasteiger partial charge on any atom is 0.0244 e. The van der Waals surface area contributed by atoms with Crippen LogP contribution in [0.25, 0.3) is 0 Å². The van der Waals surface area contributed by atoms with Crippen LogP contribution >= 0.6 is 0 Å². The lowest BCUT2D eigenvalue weighted by Gasteiger charge is -2.47. The minimum atomic E-state index is 0.361. The lowest BCUT2D eigenvalue weighted by molar-refractivity contribution is 0.0479. The standard InChI is InChI=1S/C14H30N2/c1-7-8-14(5,6)16-10-9-15-12(11-16)13(2,3)4/h12,15H,7-11H2,1-6H3. The Hall–Kier alpha value is -0.0800. The Kier molecular flexibility index (Phi) is 4.42. The SMILES string of the molecule is CCCC(C)(C)N1CCNC(C(C)(C)C)C1. The molecule has 2 heteroatoms. The van der Waals surface area contributed by atoms with Gasteiger partial charge in [-0.1, -0.05) is 34.1 Å². The molecule has 0 spiro atoms. The Morgan fingerprint density at radius 1 is 1.19 bits per heavy atom. The second-order valence-electron chi connectivity index (χ2n) is 6.88. The monoisotopic (exact) mass is 226 g/mol. The van der Waals surface area contributed by atoms with Gasteiger partial charge in [-0.15, -0.1) is 0 Å². The van der Waals surface area contributed by atoms with E-state index in [-0.39, 0.29) is 0 Å². The van der Waals surface area contributed by atoms with Crippen molar-refractivity contribution >= 4 is 0 Å². The van der Waals surface area contributed by atoms with Crippen molar-refractivity contribution in [2.45, 2.75) is 66.0 Å². The summed E-state index contributed by atoms with van der Waals surface area (Å²) in [6.45, 7) is 17.6.